The third-order valence-electron chi connectivity index (χ3n) is 2.88. The molecular formula is C12H17N3O3S. The van der Waals surface area contributed by atoms with E-state index in [2.05, 4.69) is 10.6 Å². The molecule has 2 rings (SSSR count). The molecule has 1 aromatic carbocycles. The molecule has 1 saturated carbocycles. The Hall–Kier alpha value is -1.60. The van der Waals surface area contributed by atoms with Crippen LogP contribution in [-0.4, -0.2) is 26.4 Å². The lowest BCUT2D eigenvalue weighted by molar-refractivity contribution is -0.121. The summed E-state index contributed by atoms with van der Waals surface area (Å²) in [5, 5.41) is 10.9. The molecule has 1 atom stereocenters. The number of nitrogens with one attached hydrogen (secondary N) is 2. The van der Waals surface area contributed by atoms with E-state index in [9.17, 15) is 13.2 Å². The summed E-state index contributed by atoms with van der Waals surface area (Å²) in [7, 11) is -3.68. The second kappa shape index (κ2) is 5.18. The molecule has 0 radical (unpaired) electrons. The summed E-state index contributed by atoms with van der Waals surface area (Å²) in [5.41, 5.74) is 0.672. The van der Waals surface area contributed by atoms with Gasteiger partial charge in [0.05, 0.1) is 4.90 Å². The second-order valence-corrected chi connectivity index (χ2v) is 6.28. The lowest BCUT2D eigenvalue weighted by Crippen LogP contribution is -2.38. The van der Waals surface area contributed by atoms with E-state index in [1.54, 1.807) is 19.1 Å². The van der Waals surface area contributed by atoms with Gasteiger partial charge in [-0.05, 0) is 44.0 Å². The fourth-order valence-corrected chi connectivity index (χ4v) is 2.13. The summed E-state index contributed by atoms with van der Waals surface area (Å²) in [6, 6.07) is 5.93. The van der Waals surface area contributed by atoms with Gasteiger partial charge in [0.1, 0.15) is 6.04 Å². The Morgan fingerprint density at radius 1 is 1.32 bits per heavy atom. The van der Waals surface area contributed by atoms with E-state index >= 15 is 0 Å². The smallest absolute Gasteiger partial charge is 0.242 e. The maximum absolute atomic E-state index is 11.7. The first kappa shape index (κ1) is 13.8. The number of carbonyl (C=O) groups is 1. The Kier molecular flexibility index (Phi) is 3.77. The number of carbonyl (C=O) groups excluding carboxylic acids is 1. The highest BCUT2D eigenvalue weighted by Gasteiger charge is 2.25. The van der Waals surface area contributed by atoms with Gasteiger partial charge in [-0.3, -0.25) is 4.79 Å². The summed E-state index contributed by atoms with van der Waals surface area (Å²) in [5.74, 6) is -0.0574. The Bertz CT molecular complexity index is 564. The first-order valence-electron chi connectivity index (χ1n) is 6.06. The zero-order chi connectivity index (χ0) is 14.0. The van der Waals surface area contributed by atoms with Crippen LogP contribution in [0.15, 0.2) is 29.2 Å². The van der Waals surface area contributed by atoms with E-state index in [1.807, 2.05) is 0 Å². The molecule has 1 unspecified atom stereocenters. The van der Waals surface area contributed by atoms with Crippen molar-refractivity contribution in [2.45, 2.75) is 36.7 Å². The summed E-state index contributed by atoms with van der Waals surface area (Å²) in [6.45, 7) is 1.76. The molecule has 0 bridgehead atoms. The van der Waals surface area contributed by atoms with Crippen LogP contribution in [0.2, 0.25) is 0 Å². The molecule has 1 fully saturated rings. The van der Waals surface area contributed by atoms with Gasteiger partial charge in [0.2, 0.25) is 15.9 Å². The lowest BCUT2D eigenvalue weighted by Gasteiger charge is -2.15. The van der Waals surface area contributed by atoms with Crippen molar-refractivity contribution in [3.63, 3.8) is 0 Å². The number of benzene rings is 1. The highest BCUT2D eigenvalue weighted by molar-refractivity contribution is 7.89. The lowest BCUT2D eigenvalue weighted by atomic mass is 10.2. The van der Waals surface area contributed by atoms with E-state index < -0.39 is 10.0 Å². The molecule has 6 nitrogen and oxygen atoms in total. The monoisotopic (exact) mass is 283 g/mol. The number of primary sulfonamides is 1. The minimum atomic E-state index is -3.68. The van der Waals surface area contributed by atoms with Gasteiger partial charge in [-0.25, -0.2) is 13.6 Å². The van der Waals surface area contributed by atoms with Crippen molar-refractivity contribution in [2.24, 2.45) is 5.14 Å². The summed E-state index contributed by atoms with van der Waals surface area (Å²) >= 11 is 0. The molecule has 4 N–H and O–H groups in total. The average Bonchev–Trinajstić information content (AvgIpc) is 3.12. The van der Waals surface area contributed by atoms with Crippen LogP contribution in [0.1, 0.15) is 19.8 Å². The molecule has 1 aliphatic rings. The third kappa shape index (κ3) is 3.93. The summed E-state index contributed by atoms with van der Waals surface area (Å²) < 4.78 is 22.2. The van der Waals surface area contributed by atoms with Crippen molar-refractivity contribution in [3.05, 3.63) is 24.3 Å². The quantitative estimate of drug-likeness (QED) is 0.728. The van der Waals surface area contributed by atoms with Crippen molar-refractivity contribution in [2.75, 3.05) is 5.32 Å². The number of rotatable bonds is 5. The largest absolute Gasteiger partial charge is 0.374 e. The Morgan fingerprint density at radius 3 is 2.37 bits per heavy atom. The number of anilines is 1. The zero-order valence-corrected chi connectivity index (χ0v) is 11.4. The molecule has 0 aromatic heterocycles. The predicted molar refractivity (Wildman–Crippen MR) is 72.1 cm³/mol. The topological polar surface area (TPSA) is 101 Å². The highest BCUT2D eigenvalue weighted by atomic mass is 32.2. The van der Waals surface area contributed by atoms with Crippen LogP contribution >= 0.6 is 0 Å². The fourth-order valence-electron chi connectivity index (χ4n) is 1.61. The molecule has 0 spiro atoms. The van der Waals surface area contributed by atoms with Crippen LogP contribution in [0.3, 0.4) is 0 Å². The fraction of sp³-hybridized carbons (Fsp3) is 0.417. The van der Waals surface area contributed by atoms with Gasteiger partial charge >= 0.3 is 0 Å². The third-order valence-corrected chi connectivity index (χ3v) is 3.81. The van der Waals surface area contributed by atoms with Crippen molar-refractivity contribution in [3.8, 4) is 0 Å². The molecule has 0 saturated heterocycles. The van der Waals surface area contributed by atoms with E-state index in [-0.39, 0.29) is 16.8 Å². The van der Waals surface area contributed by atoms with Crippen LogP contribution in [-0.2, 0) is 14.8 Å². The van der Waals surface area contributed by atoms with Crippen LogP contribution in [0.5, 0.6) is 0 Å². The van der Waals surface area contributed by atoms with Gasteiger partial charge in [-0.1, -0.05) is 0 Å². The average molecular weight is 283 g/mol. The predicted octanol–water partition coefficient (Wildman–Crippen LogP) is 0.413. The Balaban J connectivity index is 1.96. The van der Waals surface area contributed by atoms with Crippen molar-refractivity contribution < 1.29 is 13.2 Å². The van der Waals surface area contributed by atoms with Crippen molar-refractivity contribution >= 4 is 21.6 Å². The SMILES string of the molecule is CC(Nc1ccc(S(N)(=O)=O)cc1)C(=O)NC1CC1. The maximum atomic E-state index is 11.7. The minimum Gasteiger partial charge on any atom is -0.374 e. The number of amides is 1. The molecule has 104 valence electrons. The molecule has 0 heterocycles. The second-order valence-electron chi connectivity index (χ2n) is 4.72. The van der Waals surface area contributed by atoms with Crippen LogP contribution in [0.25, 0.3) is 0 Å². The van der Waals surface area contributed by atoms with Crippen molar-refractivity contribution in [1.82, 2.24) is 5.32 Å². The number of hydrogen-bond acceptors (Lipinski definition) is 4. The van der Waals surface area contributed by atoms with Crippen molar-refractivity contribution in [1.29, 1.82) is 0 Å². The maximum Gasteiger partial charge on any atom is 0.242 e. The van der Waals surface area contributed by atoms with Crippen LogP contribution in [0.4, 0.5) is 5.69 Å². The molecule has 1 aliphatic carbocycles. The molecule has 19 heavy (non-hydrogen) atoms. The zero-order valence-electron chi connectivity index (χ0n) is 10.6. The Labute approximate surface area is 112 Å². The number of hydrogen-bond donors (Lipinski definition) is 3. The van der Waals surface area contributed by atoms with Gasteiger partial charge < -0.3 is 10.6 Å². The number of nitrogens with two attached hydrogens (primary N) is 1. The normalized spacial score (nSPS) is 16.7. The van der Waals surface area contributed by atoms with E-state index in [1.165, 1.54) is 12.1 Å². The van der Waals surface area contributed by atoms with Gasteiger partial charge in [0, 0.05) is 11.7 Å². The summed E-state index contributed by atoms with van der Waals surface area (Å²) in [4.78, 5) is 11.8. The molecule has 7 heteroatoms. The molecular weight excluding hydrogens is 266 g/mol. The Morgan fingerprint density at radius 2 is 1.89 bits per heavy atom. The van der Waals surface area contributed by atoms with Gasteiger partial charge in [0.15, 0.2) is 0 Å². The van der Waals surface area contributed by atoms with E-state index in [0.29, 0.717) is 11.7 Å². The molecule has 1 amide bonds. The van der Waals surface area contributed by atoms with E-state index in [4.69, 9.17) is 5.14 Å². The number of sulfonamides is 1. The van der Waals surface area contributed by atoms with Crippen LogP contribution in [0, 0.1) is 0 Å². The molecule has 0 aliphatic heterocycles. The van der Waals surface area contributed by atoms with E-state index in [0.717, 1.165) is 12.8 Å². The first-order valence-corrected chi connectivity index (χ1v) is 7.60. The van der Waals surface area contributed by atoms with Crippen LogP contribution < -0.4 is 15.8 Å². The van der Waals surface area contributed by atoms with Gasteiger partial charge in [0.25, 0.3) is 0 Å². The van der Waals surface area contributed by atoms with Gasteiger partial charge in [-0.15, -0.1) is 0 Å². The van der Waals surface area contributed by atoms with Gasteiger partial charge in [-0.2, -0.15) is 0 Å². The molecule has 1 aromatic rings. The summed E-state index contributed by atoms with van der Waals surface area (Å²) in [6.07, 6.45) is 2.09. The first-order chi connectivity index (χ1) is 8.86. The highest BCUT2D eigenvalue weighted by Crippen LogP contribution is 2.19. The standard InChI is InChI=1S/C12H17N3O3S/c1-8(12(16)15-10-2-3-10)14-9-4-6-11(7-5-9)19(13,17)18/h4-8,10,14H,2-3H2,1H3,(H,15,16)(H2,13,17,18). The minimum absolute atomic E-state index is 0.0492.